The summed E-state index contributed by atoms with van der Waals surface area (Å²) in [6.07, 6.45) is 13.4. The molecule has 0 aliphatic heterocycles. The number of aromatic nitrogens is 13. The van der Waals surface area contributed by atoms with Crippen molar-refractivity contribution in [2.75, 3.05) is 6.61 Å². The number of amidine groups is 1. The van der Waals surface area contributed by atoms with Crippen LogP contribution in [-0.2, 0) is 37.5 Å². The number of nitrogen functional groups attached to an aromatic ring is 1. The van der Waals surface area contributed by atoms with Crippen LogP contribution in [0.5, 0.6) is 0 Å². The van der Waals surface area contributed by atoms with E-state index in [-0.39, 0.29) is 118 Å². The predicted octanol–water partition coefficient (Wildman–Crippen LogP) is 12.7. The molecule has 9 heterocycles. The van der Waals surface area contributed by atoms with E-state index in [2.05, 4.69) is 55.2 Å². The molecular formula is C72H69ClF5N19O9. The van der Waals surface area contributed by atoms with E-state index in [4.69, 9.17) is 50.4 Å². The molecular weight excluding hydrogens is 1410 g/mol. The summed E-state index contributed by atoms with van der Waals surface area (Å²) in [5.74, 6) is 2.05. The quantitative estimate of drug-likeness (QED) is 0.00954. The predicted molar refractivity (Wildman–Crippen MR) is 378 cm³/mol. The molecule has 0 unspecified atom stereocenters. The summed E-state index contributed by atoms with van der Waals surface area (Å²) in [5.41, 5.74) is 21.1. The minimum Gasteiger partial charge on any atom is -0.461 e. The van der Waals surface area contributed by atoms with Gasteiger partial charge in [-0.1, -0.05) is 106 Å². The lowest BCUT2D eigenvalue weighted by molar-refractivity contribution is 0.0518. The van der Waals surface area contributed by atoms with Gasteiger partial charge in [0.25, 0.3) is 5.91 Å². The number of nitrogens with zero attached hydrogens (tertiary/aromatic N) is 14. The van der Waals surface area contributed by atoms with Gasteiger partial charge in [0.1, 0.15) is 106 Å². The van der Waals surface area contributed by atoms with Crippen LogP contribution in [0.1, 0.15) is 99.4 Å². The first-order chi connectivity index (χ1) is 49.9. The Kier molecular flexibility index (Phi) is 30.8. The first-order valence-corrected chi connectivity index (χ1v) is 30.5. The van der Waals surface area contributed by atoms with Crippen LogP contribution in [0.2, 0.25) is 0 Å². The van der Waals surface area contributed by atoms with Gasteiger partial charge in [0.15, 0.2) is 54.8 Å². The molecule has 34 heteroatoms. The van der Waals surface area contributed by atoms with Gasteiger partial charge in [-0.15, -0.1) is 12.4 Å². The highest BCUT2D eigenvalue weighted by atomic mass is 35.5. The fourth-order valence-electron chi connectivity index (χ4n) is 9.23. The fourth-order valence-corrected chi connectivity index (χ4v) is 9.23. The molecule has 0 atom stereocenters. The number of esters is 1. The first-order valence-electron chi connectivity index (χ1n) is 30.5. The number of Topliss-reactive ketones (excluding diaryl/α,β-unsaturated/α-hetero) is 1. The Hall–Kier alpha value is -13.6. The summed E-state index contributed by atoms with van der Waals surface area (Å²) in [6, 6.07) is 40.4. The molecule has 0 aliphatic carbocycles. The van der Waals surface area contributed by atoms with E-state index in [1.165, 1.54) is 121 Å². The van der Waals surface area contributed by atoms with Crippen molar-refractivity contribution >= 4 is 35.9 Å². The minimum atomic E-state index is -0.660. The highest BCUT2D eigenvalue weighted by molar-refractivity contribution is 5.94. The number of rotatable bonds is 19. The zero-order valence-electron chi connectivity index (χ0n) is 54.8. The number of primary amides is 1. The van der Waals surface area contributed by atoms with Crippen molar-refractivity contribution in [3.8, 4) is 51.6 Å². The molecule has 106 heavy (non-hydrogen) atoms. The summed E-state index contributed by atoms with van der Waals surface area (Å²) in [7, 11) is 0. The molecule has 0 bridgehead atoms. The Morgan fingerprint density at radius 3 is 1.10 bits per heavy atom. The molecule has 1 amide bonds. The van der Waals surface area contributed by atoms with Gasteiger partial charge in [-0.25, -0.2) is 51.7 Å². The number of ketones is 1. The molecule has 5 aromatic carbocycles. The molecule has 28 nitrogen and oxygen atoms in total. The highest BCUT2D eigenvalue weighted by Gasteiger charge is 2.21. The second-order valence-corrected chi connectivity index (χ2v) is 21.2. The van der Waals surface area contributed by atoms with E-state index >= 15 is 0 Å². The van der Waals surface area contributed by atoms with Crippen LogP contribution in [0.3, 0.4) is 0 Å². The van der Waals surface area contributed by atoms with Gasteiger partial charge in [0.05, 0.1) is 55.6 Å². The minimum absolute atomic E-state index is 0. The largest absolute Gasteiger partial charge is 0.461 e. The smallest absolute Gasteiger partial charge is 0.358 e. The van der Waals surface area contributed by atoms with Crippen LogP contribution >= 0.6 is 12.4 Å². The van der Waals surface area contributed by atoms with E-state index in [0.29, 0.717) is 91.3 Å². The second kappa shape index (κ2) is 40.2. The number of carbonyl (C=O) groups excluding carboxylic acids is 3. The third kappa shape index (κ3) is 22.2. The number of benzene rings is 5. The zero-order valence-corrected chi connectivity index (χ0v) is 55.7. The van der Waals surface area contributed by atoms with Gasteiger partial charge in [0, 0.05) is 53.4 Å². The Bertz CT molecular complexity index is 4960. The van der Waals surface area contributed by atoms with Crippen molar-refractivity contribution in [1.82, 2.24) is 69.5 Å². The highest BCUT2D eigenvalue weighted by Crippen LogP contribution is 2.26. The summed E-state index contributed by atoms with van der Waals surface area (Å²) >= 11 is 0. The summed E-state index contributed by atoms with van der Waals surface area (Å²) in [6.45, 7) is 4.52. The number of nitrogens with two attached hydrogens (primary N) is 3. The summed E-state index contributed by atoms with van der Waals surface area (Å²) in [4.78, 5) is 53.3. The number of hydrazine groups is 1. The molecule has 8 N–H and O–H groups in total. The number of nitrogens with one attached hydrogen (secondary N) is 2. The van der Waals surface area contributed by atoms with Crippen LogP contribution in [0.25, 0.3) is 45.6 Å². The van der Waals surface area contributed by atoms with Crippen molar-refractivity contribution in [3.05, 3.63) is 294 Å². The lowest BCUT2D eigenvalue weighted by Crippen LogP contribution is -2.21. The van der Waals surface area contributed by atoms with Crippen molar-refractivity contribution in [1.29, 1.82) is 10.7 Å². The third-order valence-corrected chi connectivity index (χ3v) is 14.2. The van der Waals surface area contributed by atoms with E-state index in [1.54, 1.807) is 121 Å². The number of amides is 1. The summed E-state index contributed by atoms with van der Waals surface area (Å²) < 4.78 is 103. The van der Waals surface area contributed by atoms with Crippen molar-refractivity contribution < 1.29 is 63.2 Å². The number of carbonyl (C=O) groups is 3. The number of hydrogen-bond donors (Lipinski definition) is 5. The van der Waals surface area contributed by atoms with E-state index in [1.807, 2.05) is 6.07 Å². The molecule has 0 saturated heterocycles. The molecule has 0 radical (unpaired) electrons. The van der Waals surface area contributed by atoms with Crippen LogP contribution in [0.4, 0.5) is 22.0 Å². The number of oxazole rings is 5. The lowest BCUT2D eigenvalue weighted by Gasteiger charge is -2.06. The van der Waals surface area contributed by atoms with Crippen molar-refractivity contribution in [2.24, 2.45) is 17.3 Å². The molecule has 14 aromatic rings. The molecule has 9 aromatic heterocycles. The van der Waals surface area contributed by atoms with Crippen LogP contribution in [-0.4, -0.2) is 94.1 Å². The Balaban J connectivity index is 0.000000204. The number of halogens is 6. The monoisotopic (exact) mass is 1470 g/mol. The van der Waals surface area contributed by atoms with Crippen LogP contribution in [0.15, 0.2) is 231 Å². The maximum Gasteiger partial charge on any atom is 0.358 e. The van der Waals surface area contributed by atoms with E-state index in [0.717, 1.165) is 0 Å². The Labute approximate surface area is 607 Å². The molecule has 0 fully saturated rings. The Morgan fingerprint density at radius 1 is 0.481 bits per heavy atom. The first kappa shape index (κ1) is 81.4. The Morgan fingerprint density at radius 2 is 0.802 bits per heavy atom. The average Bonchev–Trinajstić information content (AvgIpc) is 1.68. The maximum atomic E-state index is 13.9. The van der Waals surface area contributed by atoms with Crippen molar-refractivity contribution in [2.45, 2.75) is 61.4 Å². The molecule has 0 spiro atoms. The lowest BCUT2D eigenvalue weighted by atomic mass is 10.2. The van der Waals surface area contributed by atoms with Crippen molar-refractivity contribution in [3.63, 3.8) is 0 Å². The maximum absolute atomic E-state index is 13.9. The molecule has 0 aliphatic rings. The zero-order chi connectivity index (χ0) is 73.2. The second-order valence-electron chi connectivity index (χ2n) is 21.2. The van der Waals surface area contributed by atoms with Crippen LogP contribution < -0.4 is 22.7 Å². The third-order valence-electron chi connectivity index (χ3n) is 14.2. The van der Waals surface area contributed by atoms with Gasteiger partial charge in [-0.2, -0.15) is 25.7 Å². The van der Waals surface area contributed by atoms with Gasteiger partial charge < -0.3 is 38.3 Å². The molecule has 548 valence electrons. The standard InChI is InChI=1S/C16H14FN3O3.C14H12FN5O.C14H11FN4O2.C14H9FN4O.C7H9FN2.C5H5NO2.2CH4.ClH/c1-2-23-16(21)13-7-15(14-9-22-10-18-14)20(19-13)8-11-5-3-4-6-12(11)17;15-10-4-2-1-3-9(10)6-20-13(12-7-21-8-18-12)5-11(19-20)14(16)17;15-10-4-2-1-3-9(10)6-19-13(12-7-21-8-17-12)5-11(18-19)14(16)20;15-12-4-2-1-3-10(12)7-19-14(5-11(6-16)18-19)13-8-20-9-17-13;8-7-4-2-1-3-6(7)5-10-9;1-4(7)5-2-8-3-6-5;;;/h3-7,9-10H,2,8H2,1H3;1-5,7-8H,6H2,(H3,16,17);1-5,7-8H,6H2,(H2,16,20);1-5,8-9H,7H2;1-4,10H,5,9H2;2-3H,1H3;2*1H4;1H. The molecule has 0 saturated carbocycles. The van der Waals surface area contributed by atoms with Gasteiger partial charge in [0.2, 0.25) is 0 Å². The number of hydrogen-bond acceptors (Lipinski definition) is 22. The fraction of sp³-hybridized carbons (Fsp3) is 0.139. The van der Waals surface area contributed by atoms with Gasteiger partial charge in [-0.05, 0) is 49.4 Å². The average molecular weight is 1470 g/mol. The van der Waals surface area contributed by atoms with Gasteiger partial charge >= 0.3 is 5.97 Å². The van der Waals surface area contributed by atoms with Crippen LogP contribution in [0, 0.1) is 45.8 Å². The summed E-state index contributed by atoms with van der Waals surface area (Å²) in [5, 5.41) is 33.1. The molecule has 14 rings (SSSR count). The van der Waals surface area contributed by atoms with E-state index < -0.39 is 11.9 Å². The van der Waals surface area contributed by atoms with Gasteiger partial charge in [-0.3, -0.25) is 45.0 Å². The normalized spacial score (nSPS) is 10.1. The topological polar surface area (TPSA) is 400 Å². The number of ether oxygens (including phenoxy) is 1. The van der Waals surface area contributed by atoms with E-state index in [9.17, 15) is 36.3 Å². The SMILES string of the molecule is C.C.CC(=O)c1cocn1.CCOC(=O)c1cc(-c2cocn2)n(Cc2ccccc2F)n1.Cl.N#Cc1cc(-c2cocn2)n(Cc2ccccc2F)n1.N=C(N)c1cc(-c2cocn2)n(Cc2ccccc2F)n1.NC(=O)c1cc(-c2cocn2)n(Cc2ccccc2F)n1.NNCc1ccccc1F. The number of nitriles is 1.